The summed E-state index contributed by atoms with van der Waals surface area (Å²) in [6.07, 6.45) is 1.49. The van der Waals surface area contributed by atoms with Gasteiger partial charge in [0.15, 0.2) is 0 Å². The molecule has 0 N–H and O–H groups in total. The third-order valence-corrected chi connectivity index (χ3v) is 3.68. The highest BCUT2D eigenvalue weighted by atomic mass is 35.5. The van der Waals surface area contributed by atoms with Gasteiger partial charge in [-0.25, -0.2) is 4.68 Å². The molecule has 0 atom stereocenters. The average molecular weight is 320 g/mol. The third-order valence-electron chi connectivity index (χ3n) is 2.94. The lowest BCUT2D eigenvalue weighted by molar-refractivity contribution is 0.786. The fourth-order valence-corrected chi connectivity index (χ4v) is 2.18. The second-order valence-corrected chi connectivity index (χ2v) is 5.31. The highest BCUT2D eigenvalue weighted by Gasteiger charge is 2.09. The number of benzene rings is 1. The minimum atomic E-state index is -0.439. The molecule has 0 spiro atoms. The standard InChI is InChI=1S/C15H11Cl2N3O/c1-9-5-10(2)20(15(21)12(9)7-18)19-8-11-3-4-13(16)14(17)6-11/h3-6,8H,1-2H3/b19-8-. The molecule has 0 bridgehead atoms. The molecule has 0 aliphatic rings. The topological polar surface area (TPSA) is 58.1 Å². The lowest BCUT2D eigenvalue weighted by Gasteiger charge is -2.06. The molecule has 2 aromatic rings. The van der Waals surface area contributed by atoms with Crippen molar-refractivity contribution in [2.75, 3.05) is 0 Å². The molecule has 0 unspecified atom stereocenters. The Morgan fingerprint density at radius 3 is 2.57 bits per heavy atom. The third kappa shape index (κ3) is 3.15. The molecular weight excluding hydrogens is 309 g/mol. The van der Waals surface area contributed by atoms with Gasteiger partial charge in [0.25, 0.3) is 5.56 Å². The maximum atomic E-state index is 12.2. The minimum absolute atomic E-state index is 0.0897. The molecule has 0 aliphatic heterocycles. The zero-order valence-electron chi connectivity index (χ0n) is 11.4. The van der Waals surface area contributed by atoms with Crippen molar-refractivity contribution in [3.8, 4) is 6.07 Å². The molecule has 106 valence electrons. The molecule has 0 aliphatic carbocycles. The zero-order chi connectivity index (χ0) is 15.6. The Morgan fingerprint density at radius 2 is 1.95 bits per heavy atom. The van der Waals surface area contributed by atoms with Gasteiger partial charge in [0.05, 0.1) is 16.3 Å². The number of hydrogen-bond donors (Lipinski definition) is 0. The lowest BCUT2D eigenvalue weighted by atomic mass is 10.1. The molecule has 0 fully saturated rings. The first kappa shape index (κ1) is 15.3. The van der Waals surface area contributed by atoms with Gasteiger partial charge in [0.2, 0.25) is 0 Å². The maximum absolute atomic E-state index is 12.2. The van der Waals surface area contributed by atoms with E-state index in [1.807, 2.05) is 6.07 Å². The molecule has 4 nitrogen and oxygen atoms in total. The van der Waals surface area contributed by atoms with Crippen molar-refractivity contribution in [2.24, 2.45) is 5.10 Å². The van der Waals surface area contributed by atoms with Gasteiger partial charge in [-0.15, -0.1) is 0 Å². The summed E-state index contributed by atoms with van der Waals surface area (Å²) < 4.78 is 1.19. The quantitative estimate of drug-likeness (QED) is 0.795. The number of nitrogens with zero attached hydrogens (tertiary/aromatic N) is 3. The smallest absolute Gasteiger partial charge is 0.266 e. The lowest BCUT2D eigenvalue weighted by Crippen LogP contribution is -2.22. The molecule has 0 saturated carbocycles. The van der Waals surface area contributed by atoms with E-state index in [0.29, 0.717) is 26.9 Å². The summed E-state index contributed by atoms with van der Waals surface area (Å²) in [7, 11) is 0. The Hall–Kier alpha value is -2.09. The Balaban J connectivity index is 2.49. The second-order valence-electron chi connectivity index (χ2n) is 4.49. The van der Waals surface area contributed by atoms with Crippen molar-refractivity contribution in [2.45, 2.75) is 13.8 Å². The summed E-state index contributed by atoms with van der Waals surface area (Å²) in [4.78, 5) is 12.2. The Morgan fingerprint density at radius 1 is 1.24 bits per heavy atom. The van der Waals surface area contributed by atoms with E-state index in [1.54, 1.807) is 38.1 Å². The van der Waals surface area contributed by atoms with E-state index in [9.17, 15) is 4.79 Å². The van der Waals surface area contributed by atoms with Gasteiger partial charge in [0, 0.05) is 5.69 Å². The number of aryl methyl sites for hydroxylation is 2. The molecule has 21 heavy (non-hydrogen) atoms. The molecule has 0 amide bonds. The molecular formula is C15H11Cl2N3O. The van der Waals surface area contributed by atoms with Crippen LogP contribution in [0.25, 0.3) is 0 Å². The van der Waals surface area contributed by atoms with Crippen LogP contribution in [0.4, 0.5) is 0 Å². The van der Waals surface area contributed by atoms with E-state index >= 15 is 0 Å². The van der Waals surface area contributed by atoms with Crippen LogP contribution in [0.1, 0.15) is 22.4 Å². The largest absolute Gasteiger partial charge is 0.289 e. The van der Waals surface area contributed by atoms with E-state index in [0.717, 1.165) is 0 Å². The Bertz CT molecular complexity index is 832. The number of nitriles is 1. The van der Waals surface area contributed by atoms with Gasteiger partial charge >= 0.3 is 0 Å². The van der Waals surface area contributed by atoms with Crippen molar-refractivity contribution in [1.82, 2.24) is 4.68 Å². The van der Waals surface area contributed by atoms with E-state index in [4.69, 9.17) is 28.5 Å². The van der Waals surface area contributed by atoms with Crippen molar-refractivity contribution in [1.29, 1.82) is 5.26 Å². The number of pyridine rings is 1. The normalized spacial score (nSPS) is 10.8. The number of aromatic nitrogens is 1. The summed E-state index contributed by atoms with van der Waals surface area (Å²) >= 11 is 11.8. The molecule has 0 saturated heterocycles. The van der Waals surface area contributed by atoms with Crippen LogP contribution in [-0.2, 0) is 0 Å². The molecule has 0 radical (unpaired) electrons. The van der Waals surface area contributed by atoms with Crippen molar-refractivity contribution < 1.29 is 0 Å². The Kier molecular flexibility index (Phi) is 4.46. The summed E-state index contributed by atoms with van der Waals surface area (Å²) in [5, 5.41) is 14.0. The first-order valence-electron chi connectivity index (χ1n) is 6.07. The maximum Gasteiger partial charge on any atom is 0.289 e. The first-order valence-corrected chi connectivity index (χ1v) is 6.82. The molecule has 6 heteroatoms. The van der Waals surface area contributed by atoms with Gasteiger partial charge in [-0.2, -0.15) is 10.4 Å². The van der Waals surface area contributed by atoms with Crippen LogP contribution in [0, 0.1) is 25.2 Å². The van der Waals surface area contributed by atoms with Crippen LogP contribution in [0.15, 0.2) is 34.2 Å². The van der Waals surface area contributed by atoms with Crippen LogP contribution in [0.3, 0.4) is 0 Å². The van der Waals surface area contributed by atoms with Gasteiger partial charge in [0.1, 0.15) is 11.6 Å². The van der Waals surface area contributed by atoms with Gasteiger partial charge in [-0.3, -0.25) is 4.79 Å². The average Bonchev–Trinajstić information content (AvgIpc) is 2.42. The predicted molar refractivity (Wildman–Crippen MR) is 84.3 cm³/mol. The van der Waals surface area contributed by atoms with Gasteiger partial charge < -0.3 is 0 Å². The van der Waals surface area contributed by atoms with E-state index < -0.39 is 5.56 Å². The number of rotatable bonds is 2. The zero-order valence-corrected chi connectivity index (χ0v) is 12.9. The first-order chi connectivity index (χ1) is 9.93. The molecule has 1 aromatic heterocycles. The van der Waals surface area contributed by atoms with Crippen LogP contribution >= 0.6 is 23.2 Å². The summed E-state index contributed by atoms with van der Waals surface area (Å²) in [5.74, 6) is 0. The van der Waals surface area contributed by atoms with Crippen molar-refractivity contribution >= 4 is 29.4 Å². The van der Waals surface area contributed by atoms with Crippen LogP contribution in [0.5, 0.6) is 0 Å². The second kappa shape index (κ2) is 6.13. The van der Waals surface area contributed by atoms with Crippen molar-refractivity contribution in [3.63, 3.8) is 0 Å². The van der Waals surface area contributed by atoms with Crippen molar-refractivity contribution in [3.05, 3.63) is 67.0 Å². The number of halogens is 2. The molecule has 1 heterocycles. The fraction of sp³-hybridized carbons (Fsp3) is 0.133. The number of hydrogen-bond acceptors (Lipinski definition) is 3. The van der Waals surface area contributed by atoms with Crippen LogP contribution < -0.4 is 5.56 Å². The highest BCUT2D eigenvalue weighted by Crippen LogP contribution is 2.21. The Labute approximate surface area is 131 Å². The monoisotopic (exact) mass is 319 g/mol. The van der Waals surface area contributed by atoms with Gasteiger partial charge in [-0.1, -0.05) is 29.3 Å². The molecule has 1 aromatic carbocycles. The minimum Gasteiger partial charge on any atom is -0.266 e. The van der Waals surface area contributed by atoms with E-state index in [1.165, 1.54) is 10.9 Å². The van der Waals surface area contributed by atoms with E-state index in [-0.39, 0.29) is 5.56 Å². The van der Waals surface area contributed by atoms with Gasteiger partial charge in [-0.05, 0) is 43.2 Å². The van der Waals surface area contributed by atoms with Crippen LogP contribution in [-0.4, -0.2) is 10.9 Å². The van der Waals surface area contributed by atoms with Crippen LogP contribution in [0.2, 0.25) is 10.0 Å². The van der Waals surface area contributed by atoms with E-state index in [2.05, 4.69) is 5.10 Å². The predicted octanol–water partition coefficient (Wildman–Crippen LogP) is 3.53. The fourth-order valence-electron chi connectivity index (χ4n) is 1.88. The molecule has 2 rings (SSSR count). The SMILES string of the molecule is Cc1cc(C)n(/N=C\c2ccc(Cl)c(Cl)c2)c(=O)c1C#N. The summed E-state index contributed by atoms with van der Waals surface area (Å²) in [6, 6.07) is 8.67. The summed E-state index contributed by atoms with van der Waals surface area (Å²) in [6.45, 7) is 3.47. The highest BCUT2D eigenvalue weighted by molar-refractivity contribution is 6.42. The summed E-state index contributed by atoms with van der Waals surface area (Å²) in [5.41, 5.74) is 1.64.